The Balaban J connectivity index is 2.20. The number of aliphatic hydroxyl groups excluding tert-OH is 1. The fourth-order valence-electron chi connectivity index (χ4n) is 2.79. The van der Waals surface area contributed by atoms with Gasteiger partial charge in [0.15, 0.2) is 11.3 Å². The van der Waals surface area contributed by atoms with Crippen molar-refractivity contribution in [1.82, 2.24) is 18.7 Å². The van der Waals surface area contributed by atoms with Crippen molar-refractivity contribution in [3.63, 3.8) is 0 Å². The first kappa shape index (κ1) is 17.0. The average molecular weight is 343 g/mol. The predicted molar refractivity (Wildman–Crippen MR) is 95.9 cm³/mol. The summed E-state index contributed by atoms with van der Waals surface area (Å²) in [5.74, 6) is 0.485. The van der Waals surface area contributed by atoms with Crippen molar-refractivity contribution in [2.24, 2.45) is 14.1 Å². The summed E-state index contributed by atoms with van der Waals surface area (Å²) < 4.78 is 4.40. The number of hydrogen-bond donors (Lipinski definition) is 2. The lowest BCUT2D eigenvalue weighted by Gasteiger charge is -2.10. The highest BCUT2D eigenvalue weighted by molar-refractivity contribution is 5.71. The van der Waals surface area contributed by atoms with Gasteiger partial charge in [0.1, 0.15) is 0 Å². The third-order valence-electron chi connectivity index (χ3n) is 4.09. The van der Waals surface area contributed by atoms with Crippen molar-refractivity contribution in [2.75, 3.05) is 11.9 Å². The smallest absolute Gasteiger partial charge is 0.318 e. The van der Waals surface area contributed by atoms with E-state index in [0.717, 1.165) is 5.56 Å². The minimum absolute atomic E-state index is 0.263. The lowest BCUT2D eigenvalue weighted by Crippen LogP contribution is -2.41. The molecule has 25 heavy (non-hydrogen) atoms. The van der Waals surface area contributed by atoms with Gasteiger partial charge in [-0.3, -0.25) is 23.3 Å². The van der Waals surface area contributed by atoms with Crippen LogP contribution in [0, 0.1) is 0 Å². The SMILES string of the molecule is CC(O)CNc1nc2c(n1C)n(C)c(=O)c(=O)n2Cc1ccccc1. The molecule has 0 bridgehead atoms. The van der Waals surface area contributed by atoms with Crippen LogP contribution in [0.4, 0.5) is 5.95 Å². The molecule has 3 rings (SSSR count). The molecule has 2 aromatic heterocycles. The minimum atomic E-state index is -0.612. The van der Waals surface area contributed by atoms with E-state index in [2.05, 4.69) is 10.3 Å². The third-order valence-corrected chi connectivity index (χ3v) is 4.09. The zero-order chi connectivity index (χ0) is 18.1. The number of hydrogen-bond acceptors (Lipinski definition) is 5. The van der Waals surface area contributed by atoms with E-state index < -0.39 is 17.2 Å². The largest absolute Gasteiger partial charge is 0.392 e. The molecule has 8 heteroatoms. The van der Waals surface area contributed by atoms with Gasteiger partial charge in [0.25, 0.3) is 0 Å². The highest BCUT2D eigenvalue weighted by atomic mass is 16.3. The summed E-state index contributed by atoms with van der Waals surface area (Å²) in [6.07, 6.45) is -0.546. The van der Waals surface area contributed by atoms with Crippen LogP contribution in [-0.2, 0) is 20.6 Å². The van der Waals surface area contributed by atoms with Gasteiger partial charge in [-0.15, -0.1) is 0 Å². The van der Waals surface area contributed by atoms with E-state index in [1.807, 2.05) is 30.3 Å². The number of imidazole rings is 1. The van der Waals surface area contributed by atoms with Gasteiger partial charge in [-0.2, -0.15) is 4.98 Å². The number of anilines is 1. The monoisotopic (exact) mass is 343 g/mol. The van der Waals surface area contributed by atoms with Crippen LogP contribution < -0.4 is 16.4 Å². The predicted octanol–water partition coefficient (Wildman–Crippen LogP) is 0.275. The Morgan fingerprint density at radius 1 is 1.12 bits per heavy atom. The van der Waals surface area contributed by atoms with Crippen LogP contribution in [0.3, 0.4) is 0 Å². The second-order valence-electron chi connectivity index (χ2n) is 6.11. The molecule has 0 spiro atoms. The van der Waals surface area contributed by atoms with Gasteiger partial charge in [0.2, 0.25) is 5.95 Å². The average Bonchev–Trinajstić information content (AvgIpc) is 2.92. The van der Waals surface area contributed by atoms with Crippen molar-refractivity contribution in [2.45, 2.75) is 19.6 Å². The molecular formula is C17H21N5O3. The molecule has 0 saturated heterocycles. The number of aliphatic hydroxyl groups is 1. The van der Waals surface area contributed by atoms with Crippen LogP contribution in [-0.4, -0.2) is 36.4 Å². The topological polar surface area (TPSA) is 94.1 Å². The van der Waals surface area contributed by atoms with E-state index in [1.54, 1.807) is 25.6 Å². The molecule has 0 radical (unpaired) electrons. The van der Waals surface area contributed by atoms with Gasteiger partial charge >= 0.3 is 11.1 Å². The summed E-state index contributed by atoms with van der Waals surface area (Å²) in [6.45, 7) is 2.24. The van der Waals surface area contributed by atoms with Crippen LogP contribution in [0.5, 0.6) is 0 Å². The standard InChI is InChI=1S/C17H21N5O3/c1-11(23)9-18-17-19-13-14(21(17)3)20(2)15(24)16(25)22(13)10-12-7-5-4-6-8-12/h4-8,11,23H,9-10H2,1-3H3,(H,18,19). The molecule has 1 atom stereocenters. The summed E-state index contributed by atoms with van der Waals surface area (Å²) >= 11 is 0. The summed E-state index contributed by atoms with van der Waals surface area (Å²) in [6, 6.07) is 9.45. The van der Waals surface area contributed by atoms with Crippen molar-refractivity contribution < 1.29 is 5.11 Å². The molecular weight excluding hydrogens is 322 g/mol. The molecule has 2 N–H and O–H groups in total. The maximum absolute atomic E-state index is 12.5. The molecule has 2 heterocycles. The van der Waals surface area contributed by atoms with Gasteiger partial charge in [0.05, 0.1) is 12.6 Å². The first-order chi connectivity index (χ1) is 11.9. The Labute approximate surface area is 144 Å². The van der Waals surface area contributed by atoms with Crippen LogP contribution in [0.15, 0.2) is 39.9 Å². The molecule has 0 aliphatic carbocycles. The number of rotatable bonds is 5. The summed E-state index contributed by atoms with van der Waals surface area (Å²) in [5, 5.41) is 12.5. The summed E-state index contributed by atoms with van der Waals surface area (Å²) in [7, 11) is 3.32. The van der Waals surface area contributed by atoms with Crippen LogP contribution in [0.25, 0.3) is 11.3 Å². The molecule has 0 aliphatic rings. The van der Waals surface area contributed by atoms with Gasteiger partial charge in [0, 0.05) is 20.6 Å². The van der Waals surface area contributed by atoms with Crippen molar-refractivity contribution >= 4 is 17.2 Å². The number of nitrogens with one attached hydrogen (secondary N) is 1. The van der Waals surface area contributed by atoms with Gasteiger partial charge < -0.3 is 10.4 Å². The second kappa shape index (κ2) is 6.56. The Hall–Kier alpha value is -2.87. The zero-order valence-electron chi connectivity index (χ0n) is 14.4. The normalized spacial score (nSPS) is 12.5. The number of aryl methyl sites for hydroxylation is 2. The van der Waals surface area contributed by atoms with Crippen molar-refractivity contribution in [3.8, 4) is 0 Å². The third kappa shape index (κ3) is 3.08. The van der Waals surface area contributed by atoms with Crippen LogP contribution in [0.2, 0.25) is 0 Å². The number of aromatic nitrogens is 4. The molecule has 0 fully saturated rings. The van der Waals surface area contributed by atoms with Gasteiger partial charge in [-0.25, -0.2) is 0 Å². The number of nitrogens with zero attached hydrogens (tertiary/aromatic N) is 4. The van der Waals surface area contributed by atoms with Gasteiger partial charge in [-0.1, -0.05) is 30.3 Å². The molecule has 0 amide bonds. The quantitative estimate of drug-likeness (QED) is 0.649. The Kier molecular flexibility index (Phi) is 4.45. The van der Waals surface area contributed by atoms with E-state index in [1.165, 1.54) is 9.13 Å². The first-order valence-corrected chi connectivity index (χ1v) is 8.02. The molecule has 0 aliphatic heterocycles. The van der Waals surface area contributed by atoms with Gasteiger partial charge in [-0.05, 0) is 12.5 Å². The molecule has 132 valence electrons. The van der Waals surface area contributed by atoms with E-state index in [4.69, 9.17) is 0 Å². The second-order valence-corrected chi connectivity index (χ2v) is 6.11. The Bertz CT molecular complexity index is 1010. The molecule has 0 saturated carbocycles. The fourth-order valence-corrected chi connectivity index (χ4v) is 2.79. The van der Waals surface area contributed by atoms with Crippen molar-refractivity contribution in [1.29, 1.82) is 0 Å². The minimum Gasteiger partial charge on any atom is -0.392 e. The Morgan fingerprint density at radius 2 is 1.80 bits per heavy atom. The first-order valence-electron chi connectivity index (χ1n) is 8.02. The number of benzene rings is 1. The Morgan fingerprint density at radius 3 is 2.44 bits per heavy atom. The van der Waals surface area contributed by atoms with E-state index in [0.29, 0.717) is 23.8 Å². The van der Waals surface area contributed by atoms with Crippen LogP contribution in [0.1, 0.15) is 12.5 Å². The number of fused-ring (bicyclic) bond motifs is 1. The molecule has 1 unspecified atom stereocenters. The summed E-state index contributed by atoms with van der Waals surface area (Å²) in [5.41, 5.74) is 0.649. The lowest BCUT2D eigenvalue weighted by atomic mass is 10.2. The summed E-state index contributed by atoms with van der Waals surface area (Å²) in [4.78, 5) is 29.4. The maximum atomic E-state index is 12.5. The van der Waals surface area contributed by atoms with E-state index in [-0.39, 0.29) is 6.54 Å². The molecule has 3 aromatic rings. The van der Waals surface area contributed by atoms with Crippen LogP contribution >= 0.6 is 0 Å². The van der Waals surface area contributed by atoms with Crippen molar-refractivity contribution in [3.05, 3.63) is 56.6 Å². The highest BCUT2D eigenvalue weighted by Crippen LogP contribution is 2.16. The lowest BCUT2D eigenvalue weighted by molar-refractivity contribution is 0.208. The van der Waals surface area contributed by atoms with E-state index in [9.17, 15) is 14.7 Å². The highest BCUT2D eigenvalue weighted by Gasteiger charge is 2.18. The fraction of sp³-hybridized carbons (Fsp3) is 0.353. The molecule has 8 nitrogen and oxygen atoms in total. The maximum Gasteiger partial charge on any atom is 0.318 e. The zero-order valence-corrected chi connectivity index (χ0v) is 14.4. The molecule has 1 aromatic carbocycles. The van der Waals surface area contributed by atoms with E-state index >= 15 is 0 Å².